The molecule has 7 N–H and O–H groups in total. The van der Waals surface area contributed by atoms with Crippen molar-refractivity contribution in [3.8, 4) is 23.0 Å². The molecule has 0 fully saturated rings. The van der Waals surface area contributed by atoms with Crippen LogP contribution in [0, 0.1) is 0 Å². The molecule has 3 amide bonds. The quantitative estimate of drug-likeness (QED) is 0.0536. The van der Waals surface area contributed by atoms with Gasteiger partial charge in [0, 0.05) is 53.7 Å². The van der Waals surface area contributed by atoms with Crippen LogP contribution in [0.25, 0.3) is 10.8 Å². The molecule has 0 saturated heterocycles. The Bertz CT molecular complexity index is 2520. The van der Waals surface area contributed by atoms with E-state index in [0.29, 0.717) is 51.5 Å². The van der Waals surface area contributed by atoms with E-state index >= 15 is 0 Å². The molecular weight excluding hydrogens is 777 g/mol. The average Bonchev–Trinajstić information content (AvgIpc) is 3.71. The van der Waals surface area contributed by atoms with Crippen molar-refractivity contribution in [2.24, 2.45) is 0 Å². The van der Waals surface area contributed by atoms with Crippen LogP contribution in [0.15, 0.2) is 97.6 Å². The summed E-state index contributed by atoms with van der Waals surface area (Å²) in [6.07, 6.45) is 6.09. The van der Waals surface area contributed by atoms with Crippen molar-refractivity contribution < 1.29 is 37.9 Å². The maximum atomic E-state index is 13.5. The number of H-pyrrole nitrogens is 1. The number of imidazole rings is 1. The first-order chi connectivity index (χ1) is 28.2. The summed E-state index contributed by atoms with van der Waals surface area (Å²) in [5.74, 6) is 0.158. The van der Waals surface area contributed by atoms with Crippen molar-refractivity contribution in [3.63, 3.8) is 0 Å². The summed E-state index contributed by atoms with van der Waals surface area (Å²) >= 11 is 0. The van der Waals surface area contributed by atoms with Crippen LogP contribution in [0.1, 0.15) is 42.4 Å². The molecule has 1 unspecified atom stereocenters. The van der Waals surface area contributed by atoms with Gasteiger partial charge in [-0.2, -0.15) is 0 Å². The predicted molar refractivity (Wildman–Crippen MR) is 228 cm³/mol. The van der Waals surface area contributed by atoms with Gasteiger partial charge in [0.05, 0.1) is 48.9 Å². The number of hydrogen-bond donors (Lipinski definition) is 7. The zero-order chi connectivity index (χ0) is 42.3. The second kappa shape index (κ2) is 18.0. The molecule has 2 heterocycles. The first-order valence-electron chi connectivity index (χ1n) is 18.2. The number of amides is 3. The number of pyridine rings is 1. The minimum Gasteiger partial charge on any atom is -0.496 e. The number of carboxylic acid groups (broad SMARTS) is 1. The first-order valence-corrected chi connectivity index (χ1v) is 19.8. The number of urea groups is 1. The second-order valence-corrected chi connectivity index (χ2v) is 15.4. The lowest BCUT2D eigenvalue weighted by Gasteiger charge is -2.24. The molecule has 2 atom stereocenters. The normalized spacial score (nSPS) is 12.2. The number of carbonyl (C=O) groups excluding carboxylic acids is 2. The Balaban J connectivity index is 1.17. The summed E-state index contributed by atoms with van der Waals surface area (Å²) < 4.78 is 32.5. The number of hydrogen-bond acceptors (Lipinski definition) is 10. The molecule has 17 heteroatoms. The SMILES string of the molecule is COc1cc(Nc2cc(Oc3ccc(NC(=O)Nc4cc(C(C)(C)C)cc(NS(C)=O)c4OC)c4ccccc34)ccn2)ccc1C(=O)N[C@@H](Cc1c[nH]cn1)C(=O)O. The standard InChI is InChI=1S/C42H44N8O8S/c1-42(2,3)24-17-32(38(57-5)33(18-24)50-59(6)55)49-41(54)48-31-13-14-35(29-10-8-7-9-28(29)31)58-27-15-16-44-37(21-27)46-25-11-12-30(36(20-25)56-4)39(51)47-34(40(52)53)19-26-22-43-23-45-26/h7-18,20-23,34,50H,19H2,1-6H3,(H,43,45)(H,44,46)(H,47,51)(H,52,53)(H2,48,49,54)/t34-,59?/m0/s1. The number of nitrogens with zero attached hydrogens (tertiary/aromatic N) is 2. The lowest BCUT2D eigenvalue weighted by molar-refractivity contribution is -0.139. The highest BCUT2D eigenvalue weighted by molar-refractivity contribution is 7.85. The van der Waals surface area contributed by atoms with Gasteiger partial charge in [-0.25, -0.2) is 23.8 Å². The molecule has 6 aromatic rings. The molecule has 6 rings (SSSR count). The van der Waals surface area contributed by atoms with Crippen LogP contribution in [0.5, 0.6) is 23.0 Å². The zero-order valence-corrected chi connectivity index (χ0v) is 33.9. The molecular formula is C42H44N8O8S. The molecule has 306 valence electrons. The van der Waals surface area contributed by atoms with Crippen molar-refractivity contribution >= 4 is 68.2 Å². The van der Waals surface area contributed by atoms with E-state index in [1.807, 2.05) is 57.2 Å². The fourth-order valence-corrected chi connectivity index (χ4v) is 6.63. The van der Waals surface area contributed by atoms with E-state index in [0.717, 1.165) is 16.3 Å². The molecule has 4 aromatic carbocycles. The summed E-state index contributed by atoms with van der Waals surface area (Å²) in [4.78, 5) is 49.7. The van der Waals surface area contributed by atoms with Gasteiger partial charge in [0.2, 0.25) is 0 Å². The number of aliphatic carboxylic acids is 1. The Morgan fingerprint density at radius 2 is 1.61 bits per heavy atom. The van der Waals surface area contributed by atoms with Crippen LogP contribution in [0.3, 0.4) is 0 Å². The maximum Gasteiger partial charge on any atom is 0.326 e. The van der Waals surface area contributed by atoms with Gasteiger partial charge in [0.1, 0.15) is 40.1 Å². The van der Waals surface area contributed by atoms with Crippen LogP contribution in [0.4, 0.5) is 33.4 Å². The van der Waals surface area contributed by atoms with Crippen LogP contribution in [-0.4, -0.2) is 68.7 Å². The zero-order valence-electron chi connectivity index (χ0n) is 33.1. The number of ether oxygens (including phenoxy) is 3. The number of rotatable bonds is 15. The predicted octanol–water partition coefficient (Wildman–Crippen LogP) is 7.58. The molecule has 0 aliphatic carbocycles. The summed E-state index contributed by atoms with van der Waals surface area (Å²) in [6.45, 7) is 6.12. The van der Waals surface area contributed by atoms with Crippen LogP contribution >= 0.6 is 0 Å². The van der Waals surface area contributed by atoms with E-state index in [1.165, 1.54) is 32.9 Å². The number of nitrogens with one attached hydrogen (secondary N) is 6. The minimum atomic E-state index is -1.38. The summed E-state index contributed by atoms with van der Waals surface area (Å²) in [7, 11) is 1.51. The number of anilines is 5. The Hall–Kier alpha value is -7.14. The number of fused-ring (bicyclic) bond motifs is 1. The Morgan fingerprint density at radius 3 is 2.29 bits per heavy atom. The molecule has 0 radical (unpaired) electrons. The van der Waals surface area contributed by atoms with Gasteiger partial charge < -0.3 is 50.3 Å². The summed E-state index contributed by atoms with van der Waals surface area (Å²) in [6, 6.07) is 21.1. The molecule has 16 nitrogen and oxygen atoms in total. The van der Waals surface area contributed by atoms with Gasteiger partial charge in [-0.1, -0.05) is 45.0 Å². The monoisotopic (exact) mass is 820 g/mol. The van der Waals surface area contributed by atoms with Gasteiger partial charge in [-0.05, 0) is 53.4 Å². The molecule has 0 aliphatic rings. The maximum absolute atomic E-state index is 13.5. The summed E-state index contributed by atoms with van der Waals surface area (Å²) in [5, 5.41) is 22.7. The van der Waals surface area contributed by atoms with Gasteiger partial charge in [0.25, 0.3) is 5.91 Å². The molecule has 0 spiro atoms. The van der Waals surface area contributed by atoms with Crippen LogP contribution in [-0.2, 0) is 27.6 Å². The fraction of sp³-hybridized carbons (Fsp3) is 0.214. The molecule has 0 saturated carbocycles. The van der Waals surface area contributed by atoms with E-state index < -0.39 is 34.9 Å². The van der Waals surface area contributed by atoms with Crippen molar-refractivity contribution in [2.75, 3.05) is 41.1 Å². The Kier molecular flexibility index (Phi) is 12.6. The highest BCUT2D eigenvalue weighted by Crippen LogP contribution is 2.40. The number of aromatic nitrogens is 3. The van der Waals surface area contributed by atoms with Crippen molar-refractivity contribution in [2.45, 2.75) is 38.6 Å². The number of carboxylic acids is 1. The van der Waals surface area contributed by atoms with E-state index in [-0.39, 0.29) is 23.1 Å². The molecule has 2 aromatic heterocycles. The Labute approximate surface area is 342 Å². The van der Waals surface area contributed by atoms with Gasteiger partial charge in [-0.15, -0.1) is 0 Å². The molecule has 0 aliphatic heterocycles. The van der Waals surface area contributed by atoms with Crippen molar-refractivity contribution in [1.82, 2.24) is 20.3 Å². The number of methoxy groups -OCH3 is 2. The molecule has 0 bridgehead atoms. The van der Waals surface area contributed by atoms with Crippen molar-refractivity contribution in [3.05, 3.63) is 114 Å². The Morgan fingerprint density at radius 1 is 0.864 bits per heavy atom. The largest absolute Gasteiger partial charge is 0.496 e. The minimum absolute atomic E-state index is 0.00159. The topological polar surface area (TPSA) is 218 Å². The van der Waals surface area contributed by atoms with Gasteiger partial charge in [-0.3, -0.25) is 4.79 Å². The fourth-order valence-electron chi connectivity index (χ4n) is 6.17. The van der Waals surface area contributed by atoms with Gasteiger partial charge in [0.15, 0.2) is 5.75 Å². The smallest absolute Gasteiger partial charge is 0.326 e. The van der Waals surface area contributed by atoms with Crippen molar-refractivity contribution in [1.29, 1.82) is 0 Å². The van der Waals surface area contributed by atoms with Crippen LogP contribution < -0.4 is 40.2 Å². The van der Waals surface area contributed by atoms with E-state index in [2.05, 4.69) is 40.9 Å². The molecule has 59 heavy (non-hydrogen) atoms. The first kappa shape index (κ1) is 41.5. The van der Waals surface area contributed by atoms with Gasteiger partial charge >= 0.3 is 12.0 Å². The van der Waals surface area contributed by atoms with E-state index in [1.54, 1.807) is 48.8 Å². The average molecular weight is 821 g/mol. The lowest BCUT2D eigenvalue weighted by atomic mass is 9.86. The van der Waals surface area contributed by atoms with Crippen LogP contribution in [0.2, 0.25) is 0 Å². The third kappa shape index (κ3) is 10.2. The number of carbonyl (C=O) groups is 3. The van der Waals surface area contributed by atoms with E-state index in [9.17, 15) is 23.7 Å². The highest BCUT2D eigenvalue weighted by atomic mass is 32.2. The van der Waals surface area contributed by atoms with E-state index in [4.69, 9.17) is 14.2 Å². The lowest BCUT2D eigenvalue weighted by Crippen LogP contribution is -2.42. The number of aromatic amines is 1. The highest BCUT2D eigenvalue weighted by Gasteiger charge is 2.25. The number of benzene rings is 4. The summed E-state index contributed by atoms with van der Waals surface area (Å²) in [5.41, 5.74) is 3.23. The third-order valence-corrected chi connectivity index (χ3v) is 9.55. The third-order valence-electron chi connectivity index (χ3n) is 9.04. The second-order valence-electron chi connectivity index (χ2n) is 14.3.